The van der Waals surface area contributed by atoms with Gasteiger partial charge in [0, 0.05) is 16.8 Å². The minimum atomic E-state index is -4.27. The lowest BCUT2D eigenvalue weighted by molar-refractivity contribution is 0.101. The highest BCUT2D eigenvalue weighted by molar-refractivity contribution is 7.87. The van der Waals surface area contributed by atoms with Crippen molar-refractivity contribution >= 4 is 44.9 Å². The monoisotopic (exact) mass is 566 g/mol. The van der Waals surface area contributed by atoms with Gasteiger partial charge in [0.1, 0.15) is 22.1 Å². The molecule has 9 nitrogen and oxygen atoms in total. The van der Waals surface area contributed by atoms with Gasteiger partial charge < -0.3 is 24.3 Å². The third kappa shape index (κ3) is 6.86. The average Bonchev–Trinajstić information content (AvgIpc) is 2.95. The van der Waals surface area contributed by atoms with Gasteiger partial charge in [0.05, 0.1) is 24.9 Å². The molecule has 0 aliphatic rings. The maximum atomic E-state index is 12.9. The summed E-state index contributed by atoms with van der Waals surface area (Å²) < 4.78 is 41.2. The molecule has 0 atom stereocenters. The maximum Gasteiger partial charge on any atom is 0.339 e. The molecule has 0 bridgehead atoms. The van der Waals surface area contributed by atoms with Crippen LogP contribution in [0.2, 0.25) is 5.02 Å². The average molecular weight is 567 g/mol. The first-order valence-corrected chi connectivity index (χ1v) is 13.2. The second-order valence-corrected chi connectivity index (χ2v) is 10.0. The van der Waals surface area contributed by atoms with Crippen LogP contribution in [0.15, 0.2) is 95.9 Å². The lowest BCUT2D eigenvalue weighted by Gasteiger charge is -2.12. The van der Waals surface area contributed by atoms with Gasteiger partial charge in [0.15, 0.2) is 0 Å². The Morgan fingerprint density at radius 1 is 0.667 bits per heavy atom. The number of methoxy groups -OCH3 is 2. The Morgan fingerprint density at radius 2 is 1.15 bits per heavy atom. The topological polar surface area (TPSA) is 120 Å². The largest absolute Gasteiger partial charge is 0.497 e. The molecule has 200 valence electrons. The minimum Gasteiger partial charge on any atom is -0.497 e. The van der Waals surface area contributed by atoms with E-state index in [4.69, 9.17) is 25.3 Å². The molecule has 0 saturated heterocycles. The molecule has 0 aliphatic heterocycles. The fourth-order valence-corrected chi connectivity index (χ4v) is 4.53. The second-order valence-electron chi connectivity index (χ2n) is 8.07. The van der Waals surface area contributed by atoms with Crippen LogP contribution in [-0.2, 0) is 10.1 Å². The molecule has 0 saturated carbocycles. The van der Waals surface area contributed by atoms with Crippen LogP contribution in [0.4, 0.5) is 11.4 Å². The van der Waals surface area contributed by atoms with Gasteiger partial charge in [-0.15, -0.1) is 0 Å². The van der Waals surface area contributed by atoms with Gasteiger partial charge >= 0.3 is 10.1 Å². The fraction of sp³-hybridized carbons (Fsp3) is 0.0714. The van der Waals surface area contributed by atoms with Gasteiger partial charge in [-0.25, -0.2) is 0 Å². The molecular weight excluding hydrogens is 544 g/mol. The second kappa shape index (κ2) is 11.9. The van der Waals surface area contributed by atoms with Crippen molar-refractivity contribution in [2.45, 2.75) is 4.90 Å². The number of anilines is 2. The number of hydrogen-bond acceptors (Lipinski definition) is 7. The molecule has 11 heteroatoms. The first kappa shape index (κ1) is 27.5. The minimum absolute atomic E-state index is 0.0243. The van der Waals surface area contributed by atoms with E-state index in [1.165, 1.54) is 56.7 Å². The molecule has 4 aromatic rings. The summed E-state index contributed by atoms with van der Waals surface area (Å²) in [6, 6.07) is 22.6. The molecule has 0 aliphatic carbocycles. The molecule has 0 spiro atoms. The van der Waals surface area contributed by atoms with Crippen LogP contribution < -0.4 is 24.3 Å². The molecule has 4 rings (SSSR count). The van der Waals surface area contributed by atoms with Crippen molar-refractivity contribution < 1.29 is 31.7 Å². The molecule has 0 heterocycles. The number of amides is 2. The Bertz CT molecular complexity index is 1590. The SMILES string of the molecule is COc1ccc(C(=O)Nc2ccc(OS(=O)(=O)c3ccc(Cl)c(NC(=O)c4ccc(OC)cc4)c3)cc2)cc1. The van der Waals surface area contributed by atoms with Gasteiger partial charge in [-0.1, -0.05) is 11.6 Å². The highest BCUT2D eigenvalue weighted by Crippen LogP contribution is 2.28. The zero-order valence-electron chi connectivity index (χ0n) is 20.8. The standard InChI is InChI=1S/C28H23ClN2O7S/c1-36-21-9-3-18(4-10-21)27(32)30-20-7-13-23(14-8-20)38-39(34,35)24-15-16-25(29)26(17-24)31-28(33)19-5-11-22(37-2)12-6-19/h3-17H,1-2H3,(H,30,32)(H,31,33). The summed E-state index contributed by atoms with van der Waals surface area (Å²) in [5, 5.41) is 5.48. The van der Waals surface area contributed by atoms with Crippen molar-refractivity contribution in [1.82, 2.24) is 0 Å². The molecule has 4 aromatic carbocycles. The van der Waals surface area contributed by atoms with Crippen molar-refractivity contribution in [3.05, 3.63) is 107 Å². The predicted octanol–water partition coefficient (Wildman–Crippen LogP) is 5.63. The molecule has 0 radical (unpaired) electrons. The van der Waals surface area contributed by atoms with E-state index in [0.717, 1.165) is 0 Å². The van der Waals surface area contributed by atoms with Crippen LogP contribution in [0.3, 0.4) is 0 Å². The third-order valence-corrected chi connectivity index (χ3v) is 7.07. The van der Waals surface area contributed by atoms with Gasteiger partial charge in [-0.3, -0.25) is 9.59 Å². The normalized spacial score (nSPS) is 10.8. The van der Waals surface area contributed by atoms with Crippen LogP contribution in [0.5, 0.6) is 17.2 Å². The summed E-state index contributed by atoms with van der Waals surface area (Å²) in [5.41, 5.74) is 1.29. The van der Waals surface area contributed by atoms with E-state index < -0.39 is 16.0 Å². The highest BCUT2D eigenvalue weighted by Gasteiger charge is 2.20. The van der Waals surface area contributed by atoms with Gasteiger partial charge in [0.2, 0.25) is 0 Å². The fourth-order valence-electron chi connectivity index (χ4n) is 3.41. The van der Waals surface area contributed by atoms with E-state index in [9.17, 15) is 18.0 Å². The summed E-state index contributed by atoms with van der Waals surface area (Å²) in [5.74, 6) is 0.409. The molecule has 2 amide bonds. The van der Waals surface area contributed by atoms with Gasteiger partial charge in [-0.2, -0.15) is 8.42 Å². The number of rotatable bonds is 9. The summed E-state index contributed by atoms with van der Waals surface area (Å²) in [6.07, 6.45) is 0. The Morgan fingerprint density at radius 3 is 1.67 bits per heavy atom. The molecular formula is C28H23ClN2O7S. The first-order valence-electron chi connectivity index (χ1n) is 11.4. The molecule has 0 aromatic heterocycles. The number of ether oxygens (including phenoxy) is 2. The Balaban J connectivity index is 1.43. The number of benzene rings is 4. The van der Waals surface area contributed by atoms with Crippen molar-refractivity contribution in [3.63, 3.8) is 0 Å². The molecule has 0 fully saturated rings. The van der Waals surface area contributed by atoms with Gasteiger partial charge in [0.25, 0.3) is 11.8 Å². The lowest BCUT2D eigenvalue weighted by atomic mass is 10.2. The summed E-state index contributed by atoms with van der Waals surface area (Å²) in [7, 11) is -1.23. The van der Waals surface area contributed by atoms with E-state index in [-0.39, 0.29) is 27.3 Å². The summed E-state index contributed by atoms with van der Waals surface area (Å²) >= 11 is 6.19. The van der Waals surface area contributed by atoms with Crippen molar-refractivity contribution in [2.24, 2.45) is 0 Å². The van der Waals surface area contributed by atoms with Crippen molar-refractivity contribution in [1.29, 1.82) is 0 Å². The summed E-state index contributed by atoms with van der Waals surface area (Å²) in [4.78, 5) is 24.8. The Labute approximate surface area is 230 Å². The maximum absolute atomic E-state index is 12.9. The predicted molar refractivity (Wildman–Crippen MR) is 148 cm³/mol. The van der Waals surface area contributed by atoms with E-state index in [2.05, 4.69) is 10.6 Å². The van der Waals surface area contributed by atoms with E-state index in [1.54, 1.807) is 48.5 Å². The Hall–Kier alpha value is -4.54. The zero-order valence-corrected chi connectivity index (χ0v) is 22.4. The van der Waals surface area contributed by atoms with E-state index >= 15 is 0 Å². The lowest BCUT2D eigenvalue weighted by Crippen LogP contribution is -2.14. The number of halogens is 1. The van der Waals surface area contributed by atoms with E-state index in [1.807, 2.05) is 0 Å². The first-order chi connectivity index (χ1) is 18.7. The Kier molecular flexibility index (Phi) is 8.38. The van der Waals surface area contributed by atoms with Crippen LogP contribution in [0.25, 0.3) is 0 Å². The zero-order chi connectivity index (χ0) is 28.0. The number of hydrogen-bond donors (Lipinski definition) is 2. The number of carbonyl (C=O) groups is 2. The van der Waals surface area contributed by atoms with Crippen LogP contribution >= 0.6 is 11.6 Å². The quantitative estimate of drug-likeness (QED) is 0.252. The van der Waals surface area contributed by atoms with Crippen LogP contribution in [-0.4, -0.2) is 34.5 Å². The van der Waals surface area contributed by atoms with Gasteiger partial charge in [-0.05, 0) is 91.0 Å². The molecule has 0 unspecified atom stereocenters. The number of carbonyl (C=O) groups excluding carboxylic acids is 2. The van der Waals surface area contributed by atoms with Crippen LogP contribution in [0.1, 0.15) is 20.7 Å². The van der Waals surface area contributed by atoms with E-state index in [0.29, 0.717) is 28.3 Å². The van der Waals surface area contributed by atoms with Crippen LogP contribution in [0, 0.1) is 0 Å². The smallest absolute Gasteiger partial charge is 0.339 e. The summed E-state index contributed by atoms with van der Waals surface area (Å²) in [6.45, 7) is 0. The highest BCUT2D eigenvalue weighted by atomic mass is 35.5. The number of nitrogens with one attached hydrogen (secondary N) is 2. The van der Waals surface area contributed by atoms with Crippen molar-refractivity contribution in [3.8, 4) is 17.2 Å². The van der Waals surface area contributed by atoms with Crippen molar-refractivity contribution in [2.75, 3.05) is 24.9 Å². The third-order valence-electron chi connectivity index (χ3n) is 5.50. The molecule has 39 heavy (non-hydrogen) atoms. The molecule has 2 N–H and O–H groups in total.